The van der Waals surface area contributed by atoms with Crippen molar-refractivity contribution in [2.75, 3.05) is 5.73 Å². The molecule has 0 aliphatic carbocycles. The summed E-state index contributed by atoms with van der Waals surface area (Å²) in [5.41, 5.74) is 9.20. The van der Waals surface area contributed by atoms with E-state index in [1.54, 1.807) is 0 Å². The van der Waals surface area contributed by atoms with E-state index in [-0.39, 0.29) is 12.4 Å². The van der Waals surface area contributed by atoms with E-state index in [1.807, 2.05) is 47.0 Å². The van der Waals surface area contributed by atoms with Crippen LogP contribution in [0.2, 0.25) is 0 Å². The van der Waals surface area contributed by atoms with E-state index in [4.69, 9.17) is 5.73 Å². The Morgan fingerprint density at radius 3 is 2.39 bits per heavy atom. The van der Waals surface area contributed by atoms with Crippen molar-refractivity contribution in [3.8, 4) is 0 Å². The quantitative estimate of drug-likeness (QED) is 0.769. The monoisotopic (exact) mass is 259 g/mol. The predicted molar refractivity (Wildman–Crippen MR) is 76.9 cm³/mol. The second-order valence-electron chi connectivity index (χ2n) is 4.03. The maximum absolute atomic E-state index is 5.95. The highest BCUT2D eigenvalue weighted by Gasteiger charge is 2.07. The van der Waals surface area contributed by atoms with Gasteiger partial charge in [0, 0.05) is 0 Å². The zero-order valence-electron chi connectivity index (χ0n) is 9.78. The van der Waals surface area contributed by atoms with Crippen molar-refractivity contribution in [2.45, 2.75) is 6.54 Å². The number of rotatable bonds is 2. The second kappa shape index (κ2) is 5.10. The van der Waals surface area contributed by atoms with E-state index in [1.165, 1.54) is 5.56 Å². The summed E-state index contributed by atoms with van der Waals surface area (Å²) in [5, 5.41) is 0. The third kappa shape index (κ3) is 2.17. The fourth-order valence-electron chi connectivity index (χ4n) is 2.03. The first kappa shape index (κ1) is 12.5. The number of nitrogen functional groups attached to an aromatic ring is 1. The SMILES string of the molecule is Cl.Nc1nc2ccccc2n1Cc1ccccc1. The molecular weight excluding hydrogens is 246 g/mol. The fraction of sp³-hybridized carbons (Fsp3) is 0.0714. The van der Waals surface area contributed by atoms with Crippen LogP contribution < -0.4 is 5.73 Å². The van der Waals surface area contributed by atoms with Crippen LogP contribution in [-0.4, -0.2) is 9.55 Å². The molecule has 4 heteroatoms. The summed E-state index contributed by atoms with van der Waals surface area (Å²) in [4.78, 5) is 4.35. The van der Waals surface area contributed by atoms with Crippen LogP contribution in [0.5, 0.6) is 0 Å². The molecule has 1 aromatic heterocycles. The highest BCUT2D eigenvalue weighted by atomic mass is 35.5. The lowest BCUT2D eigenvalue weighted by Gasteiger charge is -2.06. The van der Waals surface area contributed by atoms with Crippen LogP contribution >= 0.6 is 12.4 Å². The van der Waals surface area contributed by atoms with Crippen LogP contribution in [0, 0.1) is 0 Å². The molecule has 0 amide bonds. The van der Waals surface area contributed by atoms with E-state index in [0.29, 0.717) is 5.95 Å². The smallest absolute Gasteiger partial charge is 0.201 e. The van der Waals surface area contributed by atoms with Crippen LogP contribution in [0.1, 0.15) is 5.56 Å². The number of benzene rings is 2. The number of hydrogen-bond acceptors (Lipinski definition) is 2. The summed E-state index contributed by atoms with van der Waals surface area (Å²) in [7, 11) is 0. The molecule has 18 heavy (non-hydrogen) atoms. The number of anilines is 1. The summed E-state index contributed by atoms with van der Waals surface area (Å²) in [6, 6.07) is 18.3. The Balaban J connectivity index is 0.00000120. The molecule has 0 spiro atoms. The van der Waals surface area contributed by atoms with E-state index in [9.17, 15) is 0 Å². The number of hydrogen-bond donors (Lipinski definition) is 1. The molecule has 0 saturated heterocycles. The van der Waals surface area contributed by atoms with Gasteiger partial charge in [-0.25, -0.2) is 4.98 Å². The molecule has 1 heterocycles. The van der Waals surface area contributed by atoms with Crippen molar-refractivity contribution >= 4 is 29.4 Å². The standard InChI is InChI=1S/C14H13N3.ClH/c15-14-16-12-8-4-5-9-13(12)17(14)10-11-6-2-1-3-7-11;/h1-9H,10H2,(H2,15,16);1H. The van der Waals surface area contributed by atoms with Crippen molar-refractivity contribution < 1.29 is 0 Å². The molecule has 0 aliphatic rings. The van der Waals surface area contributed by atoms with Gasteiger partial charge in [-0.05, 0) is 17.7 Å². The van der Waals surface area contributed by atoms with Gasteiger partial charge in [0.25, 0.3) is 0 Å². The first-order valence-electron chi connectivity index (χ1n) is 5.59. The molecule has 3 nitrogen and oxygen atoms in total. The average Bonchev–Trinajstić information content (AvgIpc) is 2.68. The number of nitrogens with zero attached hydrogens (tertiary/aromatic N) is 2. The van der Waals surface area contributed by atoms with Gasteiger partial charge in [0.1, 0.15) is 0 Å². The van der Waals surface area contributed by atoms with Gasteiger partial charge in [-0.15, -0.1) is 12.4 Å². The number of imidazole rings is 1. The van der Waals surface area contributed by atoms with Gasteiger partial charge in [-0.2, -0.15) is 0 Å². The third-order valence-corrected chi connectivity index (χ3v) is 2.87. The van der Waals surface area contributed by atoms with Crippen LogP contribution in [0.25, 0.3) is 11.0 Å². The first-order valence-corrected chi connectivity index (χ1v) is 5.59. The van der Waals surface area contributed by atoms with Gasteiger partial charge in [0.15, 0.2) is 0 Å². The Bertz CT molecular complexity index is 646. The van der Waals surface area contributed by atoms with Crippen molar-refractivity contribution in [1.82, 2.24) is 9.55 Å². The van der Waals surface area contributed by atoms with Gasteiger partial charge >= 0.3 is 0 Å². The minimum Gasteiger partial charge on any atom is -0.369 e. The Morgan fingerprint density at radius 1 is 0.944 bits per heavy atom. The highest BCUT2D eigenvalue weighted by molar-refractivity contribution is 5.85. The van der Waals surface area contributed by atoms with Crippen LogP contribution in [-0.2, 0) is 6.54 Å². The minimum atomic E-state index is 0. The topological polar surface area (TPSA) is 43.8 Å². The Hall–Kier alpha value is -2.00. The number of nitrogens with two attached hydrogens (primary N) is 1. The zero-order chi connectivity index (χ0) is 11.7. The molecule has 3 rings (SSSR count). The molecule has 0 fully saturated rings. The summed E-state index contributed by atoms with van der Waals surface area (Å²) in [5.74, 6) is 0.565. The van der Waals surface area contributed by atoms with Crippen LogP contribution in [0.15, 0.2) is 54.6 Å². The van der Waals surface area contributed by atoms with E-state index in [2.05, 4.69) is 17.1 Å². The molecule has 0 bridgehead atoms. The molecule has 0 saturated carbocycles. The third-order valence-electron chi connectivity index (χ3n) is 2.87. The maximum Gasteiger partial charge on any atom is 0.201 e. The fourth-order valence-corrected chi connectivity index (χ4v) is 2.03. The summed E-state index contributed by atoms with van der Waals surface area (Å²) in [6.45, 7) is 0.757. The summed E-state index contributed by atoms with van der Waals surface area (Å²) >= 11 is 0. The molecule has 3 aromatic rings. The average molecular weight is 260 g/mol. The Kier molecular flexibility index (Phi) is 3.53. The Morgan fingerprint density at radius 2 is 1.61 bits per heavy atom. The second-order valence-corrected chi connectivity index (χ2v) is 4.03. The summed E-state index contributed by atoms with van der Waals surface area (Å²) in [6.07, 6.45) is 0. The predicted octanol–water partition coefficient (Wildman–Crippen LogP) is 3.09. The van der Waals surface area contributed by atoms with E-state index in [0.717, 1.165) is 17.6 Å². The summed E-state index contributed by atoms with van der Waals surface area (Å²) < 4.78 is 2.03. The molecule has 92 valence electrons. The van der Waals surface area contributed by atoms with Crippen molar-refractivity contribution in [1.29, 1.82) is 0 Å². The molecule has 0 unspecified atom stereocenters. The Labute approximate surface area is 112 Å². The van der Waals surface area contributed by atoms with Crippen molar-refractivity contribution in [3.63, 3.8) is 0 Å². The van der Waals surface area contributed by atoms with Gasteiger partial charge in [0.2, 0.25) is 5.95 Å². The maximum atomic E-state index is 5.95. The van der Waals surface area contributed by atoms with Gasteiger partial charge in [-0.1, -0.05) is 42.5 Å². The normalized spacial score (nSPS) is 10.2. The van der Waals surface area contributed by atoms with Crippen LogP contribution in [0.3, 0.4) is 0 Å². The molecule has 0 radical (unpaired) electrons. The van der Waals surface area contributed by atoms with Crippen molar-refractivity contribution in [3.05, 3.63) is 60.2 Å². The lowest BCUT2D eigenvalue weighted by molar-refractivity contribution is 0.838. The van der Waals surface area contributed by atoms with Crippen LogP contribution in [0.4, 0.5) is 5.95 Å². The van der Waals surface area contributed by atoms with Gasteiger partial charge in [-0.3, -0.25) is 0 Å². The molecule has 2 N–H and O–H groups in total. The minimum absolute atomic E-state index is 0. The van der Waals surface area contributed by atoms with Crippen molar-refractivity contribution in [2.24, 2.45) is 0 Å². The molecule has 0 atom stereocenters. The molecular formula is C14H14ClN3. The number of halogens is 1. The number of fused-ring (bicyclic) bond motifs is 1. The van der Waals surface area contributed by atoms with E-state index >= 15 is 0 Å². The first-order chi connectivity index (χ1) is 8.34. The van der Waals surface area contributed by atoms with E-state index < -0.39 is 0 Å². The zero-order valence-corrected chi connectivity index (χ0v) is 10.6. The lowest BCUT2D eigenvalue weighted by Crippen LogP contribution is -2.04. The van der Waals surface area contributed by atoms with Gasteiger partial charge < -0.3 is 10.3 Å². The molecule has 2 aromatic carbocycles. The highest BCUT2D eigenvalue weighted by Crippen LogP contribution is 2.18. The lowest BCUT2D eigenvalue weighted by atomic mass is 10.2. The largest absolute Gasteiger partial charge is 0.369 e. The van der Waals surface area contributed by atoms with Gasteiger partial charge in [0.05, 0.1) is 17.6 Å². The molecule has 0 aliphatic heterocycles. The number of para-hydroxylation sites is 2. The number of aromatic nitrogens is 2.